The van der Waals surface area contributed by atoms with Crippen LogP contribution in [0.2, 0.25) is 0 Å². The summed E-state index contributed by atoms with van der Waals surface area (Å²) in [5.41, 5.74) is 2.81. The molecule has 0 bridgehead atoms. The zero-order chi connectivity index (χ0) is 20.8. The third kappa shape index (κ3) is 5.28. The highest BCUT2D eigenvalue weighted by Crippen LogP contribution is 2.33. The Labute approximate surface area is 172 Å². The summed E-state index contributed by atoms with van der Waals surface area (Å²) < 4.78 is 5.87. The lowest BCUT2D eigenvalue weighted by molar-refractivity contribution is -0.128. The summed E-state index contributed by atoms with van der Waals surface area (Å²) in [6.07, 6.45) is 0.214. The minimum Gasteiger partial charge on any atom is -0.477 e. The van der Waals surface area contributed by atoms with E-state index in [2.05, 4.69) is 24.5 Å². The van der Waals surface area contributed by atoms with E-state index in [1.54, 1.807) is 0 Å². The first-order chi connectivity index (χ1) is 14.0. The van der Waals surface area contributed by atoms with Gasteiger partial charge in [-0.1, -0.05) is 45.0 Å². The molecular weight excluding hydrogens is 366 g/mol. The number of nitrogens with zero attached hydrogens (tertiary/aromatic N) is 1. The van der Waals surface area contributed by atoms with Crippen molar-refractivity contribution in [2.24, 2.45) is 0 Å². The zero-order valence-electron chi connectivity index (χ0n) is 17.3. The minimum atomic E-state index is -0.644. The van der Waals surface area contributed by atoms with Gasteiger partial charge in [0.15, 0.2) is 6.10 Å². The van der Waals surface area contributed by atoms with Crippen LogP contribution >= 0.6 is 0 Å². The summed E-state index contributed by atoms with van der Waals surface area (Å²) in [5, 5.41) is 5.81. The molecule has 2 aromatic carbocycles. The van der Waals surface area contributed by atoms with Crippen molar-refractivity contribution in [3.05, 3.63) is 54.1 Å². The Morgan fingerprint density at radius 1 is 1.14 bits per heavy atom. The lowest BCUT2D eigenvalue weighted by atomic mass is 10.0. The molecule has 2 N–H and O–H groups in total. The normalized spacial score (nSPS) is 15.4. The van der Waals surface area contributed by atoms with Gasteiger partial charge in [-0.2, -0.15) is 0 Å². The molecule has 3 rings (SSSR count). The number of hydrogen-bond donors (Lipinski definition) is 2. The van der Waals surface area contributed by atoms with Crippen LogP contribution < -0.4 is 20.3 Å². The number of benzene rings is 2. The fraction of sp³-hybridized carbons (Fsp3) is 0.391. The van der Waals surface area contributed by atoms with Crippen molar-refractivity contribution in [2.75, 3.05) is 29.9 Å². The molecule has 2 aromatic rings. The fourth-order valence-electron chi connectivity index (χ4n) is 3.28. The van der Waals surface area contributed by atoms with E-state index < -0.39 is 6.10 Å². The maximum absolute atomic E-state index is 12.7. The predicted octanol–water partition coefficient (Wildman–Crippen LogP) is 3.54. The van der Waals surface area contributed by atoms with E-state index in [9.17, 15) is 9.59 Å². The number of ether oxygens (including phenoxy) is 1. The average Bonchev–Trinajstić information content (AvgIpc) is 2.72. The second kappa shape index (κ2) is 9.45. The monoisotopic (exact) mass is 395 g/mol. The Kier molecular flexibility index (Phi) is 6.75. The van der Waals surface area contributed by atoms with E-state index in [0.717, 1.165) is 17.8 Å². The van der Waals surface area contributed by atoms with Crippen molar-refractivity contribution >= 4 is 23.2 Å². The Balaban J connectivity index is 1.69. The number of carbonyl (C=O) groups excluding carboxylic acids is 2. The quantitative estimate of drug-likeness (QED) is 0.752. The molecule has 0 saturated carbocycles. The van der Waals surface area contributed by atoms with Crippen molar-refractivity contribution in [3.8, 4) is 5.75 Å². The molecule has 0 saturated heterocycles. The van der Waals surface area contributed by atoms with Gasteiger partial charge in [0, 0.05) is 12.2 Å². The standard InChI is InChI=1S/C23H29N3O3/c1-4-13-24-23(28)21-14-26(19-7-5-6-8-20(19)29-21)15-22(27)25-18-11-9-17(10-12-18)16(2)3/h5-12,16,21H,4,13-15H2,1-3H3,(H,24,28)(H,25,27)/t21-/m0/s1. The molecule has 1 heterocycles. The van der Waals surface area contributed by atoms with Crippen LogP contribution in [0.1, 0.15) is 38.7 Å². The summed E-state index contributed by atoms with van der Waals surface area (Å²) in [7, 11) is 0. The van der Waals surface area contributed by atoms with Gasteiger partial charge < -0.3 is 20.3 Å². The molecule has 154 valence electrons. The Morgan fingerprint density at radius 3 is 2.55 bits per heavy atom. The maximum Gasteiger partial charge on any atom is 0.262 e. The fourth-order valence-corrected chi connectivity index (χ4v) is 3.28. The Hall–Kier alpha value is -3.02. The van der Waals surface area contributed by atoms with Crippen molar-refractivity contribution in [2.45, 2.75) is 39.2 Å². The van der Waals surface area contributed by atoms with Gasteiger partial charge in [0.05, 0.1) is 18.8 Å². The largest absolute Gasteiger partial charge is 0.477 e. The van der Waals surface area contributed by atoms with Gasteiger partial charge in [-0.25, -0.2) is 0 Å². The van der Waals surface area contributed by atoms with Gasteiger partial charge >= 0.3 is 0 Å². The van der Waals surface area contributed by atoms with Crippen LogP contribution in [0.15, 0.2) is 48.5 Å². The molecule has 0 unspecified atom stereocenters. The SMILES string of the molecule is CCCNC(=O)[C@@H]1CN(CC(=O)Nc2ccc(C(C)C)cc2)c2ccccc2O1. The molecule has 2 amide bonds. The minimum absolute atomic E-state index is 0.133. The molecule has 0 radical (unpaired) electrons. The molecular formula is C23H29N3O3. The van der Waals surface area contributed by atoms with Gasteiger partial charge in [0.25, 0.3) is 5.91 Å². The molecule has 0 fully saturated rings. The highest BCUT2D eigenvalue weighted by atomic mass is 16.5. The van der Waals surface area contributed by atoms with Crippen molar-refractivity contribution in [1.29, 1.82) is 0 Å². The first kappa shape index (κ1) is 20.7. The first-order valence-corrected chi connectivity index (χ1v) is 10.2. The molecule has 0 aliphatic carbocycles. The topological polar surface area (TPSA) is 70.7 Å². The second-order valence-electron chi connectivity index (χ2n) is 7.57. The summed E-state index contributed by atoms with van der Waals surface area (Å²) >= 11 is 0. The molecule has 6 heteroatoms. The molecule has 1 aliphatic rings. The third-order valence-corrected chi connectivity index (χ3v) is 4.90. The first-order valence-electron chi connectivity index (χ1n) is 10.2. The summed E-state index contributed by atoms with van der Waals surface area (Å²) in [6, 6.07) is 15.4. The predicted molar refractivity (Wildman–Crippen MR) is 116 cm³/mol. The Morgan fingerprint density at radius 2 is 1.86 bits per heavy atom. The summed E-state index contributed by atoms with van der Waals surface area (Å²) in [4.78, 5) is 27.0. The van der Waals surface area contributed by atoms with Crippen LogP contribution in [-0.2, 0) is 9.59 Å². The van der Waals surface area contributed by atoms with E-state index in [1.807, 2.05) is 60.4 Å². The van der Waals surface area contributed by atoms with Crippen molar-refractivity contribution < 1.29 is 14.3 Å². The zero-order valence-corrected chi connectivity index (χ0v) is 17.3. The smallest absolute Gasteiger partial charge is 0.262 e. The van der Waals surface area contributed by atoms with E-state index in [0.29, 0.717) is 24.8 Å². The maximum atomic E-state index is 12.7. The third-order valence-electron chi connectivity index (χ3n) is 4.90. The van der Waals surface area contributed by atoms with Gasteiger partial charge in [-0.15, -0.1) is 0 Å². The summed E-state index contributed by atoms with van der Waals surface area (Å²) in [6.45, 7) is 7.35. The van der Waals surface area contributed by atoms with Gasteiger partial charge in [0.2, 0.25) is 5.91 Å². The molecule has 6 nitrogen and oxygen atoms in total. The number of para-hydroxylation sites is 2. The second-order valence-corrected chi connectivity index (χ2v) is 7.57. The van der Waals surface area contributed by atoms with Crippen molar-refractivity contribution in [1.82, 2.24) is 5.32 Å². The number of anilines is 2. The van der Waals surface area contributed by atoms with E-state index in [1.165, 1.54) is 5.56 Å². The molecule has 29 heavy (non-hydrogen) atoms. The van der Waals surface area contributed by atoms with Crippen LogP contribution in [0.3, 0.4) is 0 Å². The van der Waals surface area contributed by atoms with Crippen molar-refractivity contribution in [3.63, 3.8) is 0 Å². The van der Waals surface area contributed by atoms with E-state index in [4.69, 9.17) is 4.74 Å². The number of nitrogens with one attached hydrogen (secondary N) is 2. The van der Waals surface area contributed by atoms with E-state index in [-0.39, 0.29) is 18.4 Å². The lowest BCUT2D eigenvalue weighted by Crippen LogP contribution is -2.50. The number of carbonyl (C=O) groups is 2. The highest BCUT2D eigenvalue weighted by molar-refractivity contribution is 5.95. The van der Waals surface area contributed by atoms with Crippen LogP contribution in [0.4, 0.5) is 11.4 Å². The van der Waals surface area contributed by atoms with E-state index >= 15 is 0 Å². The molecule has 0 spiro atoms. The Bertz CT molecular complexity index is 849. The van der Waals surface area contributed by atoms with Gasteiger partial charge in [-0.05, 0) is 42.2 Å². The van der Waals surface area contributed by atoms with Crippen LogP contribution in [0, 0.1) is 0 Å². The van der Waals surface area contributed by atoms with Gasteiger partial charge in [-0.3, -0.25) is 9.59 Å². The lowest BCUT2D eigenvalue weighted by Gasteiger charge is -2.35. The number of hydrogen-bond acceptors (Lipinski definition) is 4. The van der Waals surface area contributed by atoms with Gasteiger partial charge in [0.1, 0.15) is 5.75 Å². The molecule has 1 atom stereocenters. The molecule has 0 aromatic heterocycles. The average molecular weight is 396 g/mol. The number of rotatable bonds is 7. The highest BCUT2D eigenvalue weighted by Gasteiger charge is 2.31. The molecule has 1 aliphatic heterocycles. The number of amides is 2. The van der Waals surface area contributed by atoms with Crippen LogP contribution in [0.25, 0.3) is 0 Å². The number of fused-ring (bicyclic) bond motifs is 1. The summed E-state index contributed by atoms with van der Waals surface area (Å²) in [5.74, 6) is 0.771. The van der Waals surface area contributed by atoms with Crippen LogP contribution in [0.5, 0.6) is 5.75 Å². The van der Waals surface area contributed by atoms with Crippen LogP contribution in [-0.4, -0.2) is 37.6 Å².